The molecule has 0 unspecified atom stereocenters. The van der Waals surface area contributed by atoms with Crippen molar-refractivity contribution in [3.8, 4) is 17.5 Å². The van der Waals surface area contributed by atoms with Crippen LogP contribution in [0.2, 0.25) is 0 Å². The molecule has 158 valence electrons. The molecule has 2 heterocycles. The van der Waals surface area contributed by atoms with Crippen molar-refractivity contribution < 1.29 is 18.9 Å². The van der Waals surface area contributed by atoms with E-state index in [0.29, 0.717) is 11.4 Å². The van der Waals surface area contributed by atoms with Crippen LogP contribution in [0.15, 0.2) is 77.3 Å². The van der Waals surface area contributed by atoms with Crippen LogP contribution in [0.5, 0.6) is 5.75 Å². The van der Waals surface area contributed by atoms with Crippen molar-refractivity contribution in [1.82, 2.24) is 9.78 Å². The van der Waals surface area contributed by atoms with Crippen molar-refractivity contribution in [2.45, 2.75) is 6.61 Å². The van der Waals surface area contributed by atoms with E-state index in [9.17, 15) is 20.2 Å². The van der Waals surface area contributed by atoms with E-state index in [-0.39, 0.29) is 35.2 Å². The Morgan fingerprint density at radius 3 is 2.66 bits per heavy atom. The van der Waals surface area contributed by atoms with E-state index in [1.807, 2.05) is 24.3 Å². The van der Waals surface area contributed by atoms with Gasteiger partial charge >= 0.3 is 5.69 Å². The second-order valence-electron chi connectivity index (χ2n) is 6.50. The lowest BCUT2D eigenvalue weighted by molar-refractivity contribution is -0.386. The molecule has 0 bridgehead atoms. The molecule has 32 heavy (non-hydrogen) atoms. The third kappa shape index (κ3) is 4.17. The zero-order chi connectivity index (χ0) is 22.5. The fourth-order valence-corrected chi connectivity index (χ4v) is 2.94. The Hall–Kier alpha value is -4.91. The number of nitro groups is 1. The fourth-order valence-electron chi connectivity index (χ4n) is 2.94. The summed E-state index contributed by atoms with van der Waals surface area (Å²) in [5, 5.41) is 27.3. The molecule has 0 spiro atoms. The summed E-state index contributed by atoms with van der Waals surface area (Å²) in [5.74, 6) is -0.0134. The number of ether oxygens (including phenoxy) is 1. The summed E-state index contributed by atoms with van der Waals surface area (Å²) in [6.07, 6.45) is 1.36. The summed E-state index contributed by atoms with van der Waals surface area (Å²) in [7, 11) is 0. The Balaban J connectivity index is 1.49. The number of para-hydroxylation sites is 3. The number of rotatable bonds is 7. The molecule has 2 aromatic carbocycles. The highest BCUT2D eigenvalue weighted by Crippen LogP contribution is 2.27. The van der Waals surface area contributed by atoms with E-state index >= 15 is 0 Å². The van der Waals surface area contributed by atoms with Crippen molar-refractivity contribution in [1.29, 1.82) is 5.26 Å². The van der Waals surface area contributed by atoms with Crippen molar-refractivity contribution >= 4 is 17.4 Å². The van der Waals surface area contributed by atoms with Crippen molar-refractivity contribution in [3.63, 3.8) is 0 Å². The lowest BCUT2D eigenvalue weighted by Crippen LogP contribution is -2.15. The lowest BCUT2D eigenvalue weighted by atomic mass is 10.3. The van der Waals surface area contributed by atoms with Gasteiger partial charge in [-0.15, -0.1) is 0 Å². The van der Waals surface area contributed by atoms with E-state index in [1.54, 1.807) is 18.2 Å². The van der Waals surface area contributed by atoms with Crippen LogP contribution in [0.4, 0.5) is 11.5 Å². The van der Waals surface area contributed by atoms with Crippen LogP contribution in [0, 0.1) is 21.4 Å². The van der Waals surface area contributed by atoms with Gasteiger partial charge < -0.3 is 14.5 Å². The fraction of sp³-hybridized carbons (Fsp3) is 0.0455. The first-order valence-corrected chi connectivity index (χ1v) is 9.36. The summed E-state index contributed by atoms with van der Waals surface area (Å²) < 4.78 is 12.4. The summed E-state index contributed by atoms with van der Waals surface area (Å²) in [6.45, 7) is -0.108. The lowest BCUT2D eigenvalue weighted by Gasteiger charge is -2.08. The first-order chi connectivity index (χ1) is 15.6. The van der Waals surface area contributed by atoms with E-state index in [2.05, 4.69) is 10.4 Å². The topological polar surface area (TPSA) is 136 Å². The maximum Gasteiger partial charge on any atom is 0.310 e. The van der Waals surface area contributed by atoms with Crippen LogP contribution in [-0.4, -0.2) is 20.6 Å². The van der Waals surface area contributed by atoms with Crippen LogP contribution in [-0.2, 0) is 6.61 Å². The van der Waals surface area contributed by atoms with Gasteiger partial charge in [0.25, 0.3) is 5.91 Å². The Morgan fingerprint density at radius 1 is 1.16 bits per heavy atom. The Kier molecular flexibility index (Phi) is 5.63. The molecule has 10 heteroatoms. The van der Waals surface area contributed by atoms with Crippen LogP contribution in [0.3, 0.4) is 0 Å². The number of carbonyl (C=O) groups excluding carboxylic acids is 1. The SMILES string of the molecule is N#Cc1cnn(-c2ccccc2)c1NC(=O)c1ccc(COc2ccccc2[N+](=O)[O-])o1. The molecule has 1 N–H and O–H groups in total. The predicted molar refractivity (Wildman–Crippen MR) is 112 cm³/mol. The van der Waals surface area contributed by atoms with Gasteiger partial charge in [-0.05, 0) is 30.3 Å². The van der Waals surface area contributed by atoms with Crippen molar-refractivity contribution in [3.05, 3.63) is 100 Å². The number of nitrogens with one attached hydrogen (secondary N) is 1. The van der Waals surface area contributed by atoms with Gasteiger partial charge in [0.1, 0.15) is 24.0 Å². The van der Waals surface area contributed by atoms with Crippen molar-refractivity contribution in [2.75, 3.05) is 5.32 Å². The van der Waals surface area contributed by atoms with Crippen LogP contribution >= 0.6 is 0 Å². The highest BCUT2D eigenvalue weighted by molar-refractivity contribution is 6.02. The van der Waals surface area contributed by atoms with E-state index in [0.717, 1.165) is 0 Å². The predicted octanol–water partition coefficient (Wildman–Crippen LogP) is 4.08. The molecule has 4 rings (SSSR count). The average Bonchev–Trinajstić information content (AvgIpc) is 3.45. The number of benzene rings is 2. The molecule has 0 radical (unpaired) electrons. The highest BCUT2D eigenvalue weighted by atomic mass is 16.6. The third-order valence-electron chi connectivity index (χ3n) is 4.44. The number of amides is 1. The van der Waals surface area contributed by atoms with Crippen molar-refractivity contribution in [2.24, 2.45) is 0 Å². The second-order valence-corrected chi connectivity index (χ2v) is 6.50. The number of carbonyl (C=O) groups is 1. The molecule has 1 amide bonds. The molecular formula is C22H15N5O5. The minimum absolute atomic E-state index is 0.0177. The zero-order valence-corrected chi connectivity index (χ0v) is 16.5. The largest absolute Gasteiger partial charge is 0.479 e. The molecule has 0 fully saturated rings. The number of aromatic nitrogens is 2. The molecule has 4 aromatic rings. The minimum Gasteiger partial charge on any atom is -0.479 e. The minimum atomic E-state index is -0.587. The van der Waals surface area contributed by atoms with Gasteiger partial charge in [0.15, 0.2) is 17.3 Å². The molecule has 0 atom stereocenters. The molecule has 2 aromatic heterocycles. The van der Waals surface area contributed by atoms with Gasteiger partial charge in [-0.25, -0.2) is 4.68 Å². The number of hydrogen-bond acceptors (Lipinski definition) is 7. The summed E-state index contributed by atoms with van der Waals surface area (Å²) in [5.41, 5.74) is 0.686. The maximum absolute atomic E-state index is 12.7. The van der Waals surface area contributed by atoms with Gasteiger partial charge in [0.2, 0.25) is 0 Å². The van der Waals surface area contributed by atoms with Gasteiger partial charge in [0.05, 0.1) is 16.8 Å². The van der Waals surface area contributed by atoms with Gasteiger partial charge in [-0.1, -0.05) is 30.3 Å². The van der Waals surface area contributed by atoms with E-state index in [1.165, 1.54) is 41.2 Å². The summed E-state index contributed by atoms with van der Waals surface area (Å²) in [6, 6.07) is 20.0. The first kappa shape index (κ1) is 20.4. The normalized spacial score (nSPS) is 10.3. The van der Waals surface area contributed by atoms with Crippen LogP contribution < -0.4 is 10.1 Å². The molecule has 0 aliphatic rings. The Bertz CT molecular complexity index is 1320. The van der Waals surface area contributed by atoms with Gasteiger partial charge in [-0.2, -0.15) is 10.4 Å². The molecule has 0 saturated carbocycles. The standard InChI is InChI=1S/C22H15N5O5/c23-12-15-13-24-26(16-6-2-1-3-7-16)21(15)25-22(28)20-11-10-17(32-20)14-31-19-9-5-4-8-18(19)27(29)30/h1-11,13H,14H2,(H,25,28). The number of furan rings is 1. The second kappa shape index (κ2) is 8.85. The Morgan fingerprint density at radius 2 is 1.91 bits per heavy atom. The van der Waals surface area contributed by atoms with E-state index in [4.69, 9.17) is 9.15 Å². The van der Waals surface area contributed by atoms with Crippen LogP contribution in [0.25, 0.3) is 5.69 Å². The maximum atomic E-state index is 12.7. The number of anilines is 1. The molecule has 0 aliphatic heterocycles. The Labute approximate surface area is 181 Å². The molecule has 0 aliphatic carbocycles. The molecule has 0 saturated heterocycles. The number of nitro benzene ring substituents is 1. The number of hydrogen-bond donors (Lipinski definition) is 1. The van der Waals surface area contributed by atoms with Crippen LogP contribution in [0.1, 0.15) is 21.9 Å². The first-order valence-electron chi connectivity index (χ1n) is 9.36. The smallest absolute Gasteiger partial charge is 0.310 e. The average molecular weight is 429 g/mol. The van der Waals surface area contributed by atoms with Gasteiger partial charge in [0, 0.05) is 6.07 Å². The summed E-state index contributed by atoms with van der Waals surface area (Å²) >= 11 is 0. The number of nitriles is 1. The zero-order valence-electron chi connectivity index (χ0n) is 16.5. The van der Waals surface area contributed by atoms with Gasteiger partial charge in [-0.3, -0.25) is 14.9 Å². The summed E-state index contributed by atoms with van der Waals surface area (Å²) in [4.78, 5) is 23.2. The van der Waals surface area contributed by atoms with E-state index < -0.39 is 10.8 Å². The molecular weight excluding hydrogens is 414 g/mol. The highest BCUT2D eigenvalue weighted by Gasteiger charge is 2.19. The third-order valence-corrected chi connectivity index (χ3v) is 4.44. The quantitative estimate of drug-likeness (QED) is 0.345. The number of nitrogens with zero attached hydrogens (tertiary/aromatic N) is 4. The monoisotopic (exact) mass is 429 g/mol. The molecule has 10 nitrogen and oxygen atoms in total.